The average Bonchev–Trinajstić information content (AvgIpc) is 2.15. The summed E-state index contributed by atoms with van der Waals surface area (Å²) in [7, 11) is 0. The van der Waals surface area contributed by atoms with Crippen LogP contribution >= 0.6 is 0 Å². The first kappa shape index (κ1) is 13.0. The van der Waals surface area contributed by atoms with E-state index >= 15 is 0 Å². The van der Waals surface area contributed by atoms with Crippen molar-refractivity contribution in [2.45, 2.75) is 26.4 Å². The fraction of sp³-hybridized carbons (Fsp3) is 0.500. The molecule has 0 saturated heterocycles. The fourth-order valence-corrected chi connectivity index (χ4v) is 1.63. The first-order valence-corrected chi connectivity index (χ1v) is 5.07. The molecule has 0 aliphatic heterocycles. The lowest BCUT2D eigenvalue weighted by Crippen LogP contribution is -2.43. The van der Waals surface area contributed by atoms with Crippen molar-refractivity contribution >= 4 is 0 Å². The molecule has 1 aromatic rings. The van der Waals surface area contributed by atoms with Gasteiger partial charge in [0.05, 0.1) is 0 Å². The smallest absolute Gasteiger partial charge is 0.155 e. The molecule has 0 aliphatic rings. The Labute approximate surface area is 93.5 Å². The second kappa shape index (κ2) is 4.09. The van der Waals surface area contributed by atoms with Crippen LogP contribution in [0, 0.1) is 17.0 Å². The van der Waals surface area contributed by atoms with Crippen LogP contribution in [-0.2, 0) is 5.67 Å². The van der Waals surface area contributed by atoms with Gasteiger partial charge in [0, 0.05) is 23.6 Å². The van der Waals surface area contributed by atoms with E-state index in [2.05, 4.69) is 0 Å². The van der Waals surface area contributed by atoms with Gasteiger partial charge in [0.2, 0.25) is 0 Å². The minimum atomic E-state index is -2.01. The van der Waals surface area contributed by atoms with E-state index < -0.39 is 22.7 Å². The van der Waals surface area contributed by atoms with Gasteiger partial charge in [0.1, 0.15) is 11.6 Å². The summed E-state index contributed by atoms with van der Waals surface area (Å²) in [6.07, 6.45) is 0. The van der Waals surface area contributed by atoms with Crippen molar-refractivity contribution in [3.05, 3.63) is 35.4 Å². The maximum absolute atomic E-state index is 14.7. The summed E-state index contributed by atoms with van der Waals surface area (Å²) in [6.45, 7) is 4.53. The van der Waals surface area contributed by atoms with Crippen LogP contribution in [0.25, 0.3) is 0 Å². The van der Waals surface area contributed by atoms with Crippen molar-refractivity contribution in [1.82, 2.24) is 0 Å². The molecule has 1 nitrogen and oxygen atoms in total. The van der Waals surface area contributed by atoms with Crippen LogP contribution in [-0.4, -0.2) is 6.54 Å². The minimum Gasteiger partial charge on any atom is -0.327 e. The molecule has 0 saturated carbocycles. The normalized spacial score (nSPS) is 15.9. The molecular weight excluding hydrogens is 215 g/mol. The zero-order chi connectivity index (χ0) is 12.6. The van der Waals surface area contributed by atoms with Crippen molar-refractivity contribution < 1.29 is 13.2 Å². The highest BCUT2D eigenvalue weighted by Crippen LogP contribution is 2.43. The van der Waals surface area contributed by atoms with E-state index in [1.54, 1.807) is 20.8 Å². The molecule has 0 spiro atoms. The third kappa shape index (κ3) is 2.07. The molecule has 0 fully saturated rings. The lowest BCUT2D eigenvalue weighted by molar-refractivity contribution is 0.0306. The van der Waals surface area contributed by atoms with Crippen LogP contribution in [0.1, 0.15) is 26.3 Å². The highest BCUT2D eigenvalue weighted by atomic mass is 19.2. The number of hydrogen-bond donors (Lipinski definition) is 1. The molecule has 1 aromatic carbocycles. The van der Waals surface area contributed by atoms with Crippen molar-refractivity contribution in [3.63, 3.8) is 0 Å². The zero-order valence-electron chi connectivity index (χ0n) is 9.65. The van der Waals surface area contributed by atoms with Crippen LogP contribution in [0.4, 0.5) is 13.2 Å². The van der Waals surface area contributed by atoms with E-state index in [-0.39, 0.29) is 12.1 Å². The molecule has 0 radical (unpaired) electrons. The van der Waals surface area contributed by atoms with E-state index in [0.717, 1.165) is 12.1 Å². The largest absolute Gasteiger partial charge is 0.327 e. The summed E-state index contributed by atoms with van der Waals surface area (Å²) in [6, 6.07) is 2.82. The van der Waals surface area contributed by atoms with Gasteiger partial charge in [-0.1, -0.05) is 20.8 Å². The summed E-state index contributed by atoms with van der Waals surface area (Å²) >= 11 is 0. The van der Waals surface area contributed by atoms with Gasteiger partial charge in [-0.05, 0) is 12.1 Å². The van der Waals surface area contributed by atoms with Gasteiger partial charge in [0.15, 0.2) is 5.67 Å². The number of alkyl halides is 1. The molecule has 90 valence electrons. The quantitative estimate of drug-likeness (QED) is 0.831. The third-order valence-corrected chi connectivity index (χ3v) is 2.83. The summed E-state index contributed by atoms with van der Waals surface area (Å²) < 4.78 is 40.9. The van der Waals surface area contributed by atoms with E-state index in [1.807, 2.05) is 0 Å². The first-order chi connectivity index (χ1) is 7.22. The molecule has 0 heterocycles. The van der Waals surface area contributed by atoms with Gasteiger partial charge in [0.25, 0.3) is 0 Å². The standard InChI is InChI=1S/C12H16F3N/c1-11(2,3)12(15,7-16)9-5-4-8(13)6-10(9)14/h4-6H,7,16H2,1-3H3. The van der Waals surface area contributed by atoms with Crippen molar-refractivity contribution in [3.8, 4) is 0 Å². The third-order valence-electron chi connectivity index (χ3n) is 2.83. The number of hydrogen-bond acceptors (Lipinski definition) is 1. The molecule has 0 amide bonds. The molecule has 4 heteroatoms. The van der Waals surface area contributed by atoms with Gasteiger partial charge in [-0.25, -0.2) is 13.2 Å². The van der Waals surface area contributed by atoms with Gasteiger partial charge in [-0.15, -0.1) is 0 Å². The number of nitrogens with two attached hydrogens (primary N) is 1. The molecule has 0 aromatic heterocycles. The molecule has 0 bridgehead atoms. The highest BCUT2D eigenvalue weighted by Gasteiger charge is 2.44. The van der Waals surface area contributed by atoms with Crippen LogP contribution in [0.3, 0.4) is 0 Å². The average molecular weight is 231 g/mol. The van der Waals surface area contributed by atoms with Gasteiger partial charge >= 0.3 is 0 Å². The van der Waals surface area contributed by atoms with Crippen molar-refractivity contribution in [2.24, 2.45) is 11.1 Å². The number of benzene rings is 1. The molecular formula is C12H16F3N. The predicted octanol–water partition coefficient (Wildman–Crippen LogP) is 3.13. The van der Waals surface area contributed by atoms with Crippen molar-refractivity contribution in [1.29, 1.82) is 0 Å². The molecule has 1 atom stereocenters. The summed E-state index contributed by atoms with van der Waals surface area (Å²) in [5.41, 5.74) is 2.34. The van der Waals surface area contributed by atoms with Crippen LogP contribution in [0.2, 0.25) is 0 Å². The highest BCUT2D eigenvalue weighted by molar-refractivity contribution is 5.27. The lowest BCUT2D eigenvalue weighted by Gasteiger charge is -2.37. The monoisotopic (exact) mass is 231 g/mol. The topological polar surface area (TPSA) is 26.0 Å². The van der Waals surface area contributed by atoms with E-state index in [0.29, 0.717) is 6.07 Å². The van der Waals surface area contributed by atoms with Crippen LogP contribution in [0.15, 0.2) is 18.2 Å². The Morgan fingerprint density at radius 3 is 2.12 bits per heavy atom. The molecule has 0 aliphatic carbocycles. The van der Waals surface area contributed by atoms with Gasteiger partial charge in [-0.3, -0.25) is 0 Å². The summed E-state index contributed by atoms with van der Waals surface area (Å²) in [4.78, 5) is 0. The SMILES string of the molecule is CC(C)(C)C(F)(CN)c1ccc(F)cc1F. The van der Waals surface area contributed by atoms with Gasteiger partial charge < -0.3 is 5.73 Å². The predicted molar refractivity (Wildman–Crippen MR) is 57.7 cm³/mol. The van der Waals surface area contributed by atoms with Crippen LogP contribution in [0.5, 0.6) is 0 Å². The second-order valence-electron chi connectivity index (χ2n) is 4.88. The second-order valence-corrected chi connectivity index (χ2v) is 4.88. The van der Waals surface area contributed by atoms with Crippen molar-refractivity contribution in [2.75, 3.05) is 6.54 Å². The Kier molecular flexibility index (Phi) is 3.33. The Morgan fingerprint density at radius 1 is 1.19 bits per heavy atom. The fourth-order valence-electron chi connectivity index (χ4n) is 1.63. The number of rotatable bonds is 2. The van der Waals surface area contributed by atoms with Crippen LogP contribution < -0.4 is 5.73 Å². The van der Waals surface area contributed by atoms with E-state index in [9.17, 15) is 13.2 Å². The zero-order valence-corrected chi connectivity index (χ0v) is 9.65. The molecule has 16 heavy (non-hydrogen) atoms. The van der Waals surface area contributed by atoms with E-state index in [4.69, 9.17) is 5.73 Å². The van der Waals surface area contributed by atoms with Gasteiger partial charge in [-0.2, -0.15) is 0 Å². The summed E-state index contributed by atoms with van der Waals surface area (Å²) in [5.74, 6) is -1.63. The molecule has 2 N–H and O–H groups in total. The Balaban J connectivity index is 3.34. The Morgan fingerprint density at radius 2 is 1.75 bits per heavy atom. The lowest BCUT2D eigenvalue weighted by atomic mass is 9.73. The Hall–Kier alpha value is -1.03. The molecule has 1 unspecified atom stereocenters. The summed E-state index contributed by atoms with van der Waals surface area (Å²) in [5, 5.41) is 0. The first-order valence-electron chi connectivity index (χ1n) is 5.07. The van der Waals surface area contributed by atoms with E-state index in [1.165, 1.54) is 0 Å². The molecule has 1 rings (SSSR count). The minimum absolute atomic E-state index is 0.191. The maximum Gasteiger partial charge on any atom is 0.155 e. The maximum atomic E-state index is 14.7. The Bertz CT molecular complexity index is 384. The number of halogens is 3.